The van der Waals surface area contributed by atoms with Gasteiger partial charge in [-0.05, 0) is 38.1 Å². The van der Waals surface area contributed by atoms with Crippen molar-refractivity contribution in [2.75, 3.05) is 13.1 Å². The molecule has 1 N–H and O–H groups in total. The number of thiazole rings is 1. The lowest BCUT2D eigenvalue weighted by Crippen LogP contribution is -2.21. The van der Waals surface area contributed by atoms with Crippen molar-refractivity contribution in [2.24, 2.45) is 0 Å². The van der Waals surface area contributed by atoms with Crippen molar-refractivity contribution < 1.29 is 4.42 Å². The first-order chi connectivity index (χ1) is 9.71. The van der Waals surface area contributed by atoms with E-state index in [1.807, 2.05) is 0 Å². The molecule has 0 atom stereocenters. The molecule has 1 fully saturated rings. The molecule has 0 aromatic carbocycles. The molecule has 0 unspecified atom stereocenters. The van der Waals surface area contributed by atoms with Crippen LogP contribution in [0.1, 0.15) is 43.3 Å². The lowest BCUT2D eigenvalue weighted by atomic mass is 10.2. The summed E-state index contributed by atoms with van der Waals surface area (Å²) >= 11 is 6.64. The van der Waals surface area contributed by atoms with Crippen molar-refractivity contribution in [1.82, 2.24) is 20.1 Å². The Labute approximate surface area is 127 Å². The van der Waals surface area contributed by atoms with Gasteiger partial charge in [-0.2, -0.15) is 0 Å². The number of nitrogens with one attached hydrogen (secondary N) is 1. The van der Waals surface area contributed by atoms with Gasteiger partial charge in [0.25, 0.3) is 10.7 Å². The summed E-state index contributed by atoms with van der Waals surface area (Å²) in [5.41, 5.74) is 1.14. The van der Waals surface area contributed by atoms with E-state index in [1.165, 1.54) is 12.8 Å². The van der Waals surface area contributed by atoms with Crippen LogP contribution < -0.4 is 0 Å². The van der Waals surface area contributed by atoms with Crippen molar-refractivity contribution in [1.29, 1.82) is 0 Å². The minimum Gasteiger partial charge on any atom is -0.408 e. The molecule has 0 aliphatic heterocycles. The van der Waals surface area contributed by atoms with E-state index in [1.54, 1.807) is 11.3 Å². The first-order valence-corrected chi connectivity index (χ1v) is 8.21. The maximum Gasteiger partial charge on any atom is 0.284 e. The van der Waals surface area contributed by atoms with Crippen LogP contribution in [-0.2, 0) is 6.54 Å². The van der Waals surface area contributed by atoms with Gasteiger partial charge >= 0.3 is 0 Å². The molecule has 3 rings (SSSR count). The van der Waals surface area contributed by atoms with Gasteiger partial charge in [0.2, 0.25) is 0 Å². The highest BCUT2D eigenvalue weighted by molar-refractivity contribution is 7.71. The predicted octanol–water partition coefficient (Wildman–Crippen LogP) is 3.57. The lowest BCUT2D eigenvalue weighted by molar-refractivity contribution is 0.295. The smallest absolute Gasteiger partial charge is 0.284 e. The number of aromatic amines is 1. The minimum atomic E-state index is 0.320. The molecule has 1 aliphatic carbocycles. The van der Waals surface area contributed by atoms with Gasteiger partial charge < -0.3 is 4.42 Å². The quantitative estimate of drug-likeness (QED) is 0.827. The number of hydrogen-bond acceptors (Lipinski definition) is 6. The zero-order chi connectivity index (χ0) is 14.1. The van der Waals surface area contributed by atoms with Crippen molar-refractivity contribution in [3.05, 3.63) is 15.5 Å². The van der Waals surface area contributed by atoms with E-state index in [9.17, 15) is 0 Å². The van der Waals surface area contributed by atoms with Crippen LogP contribution in [0.5, 0.6) is 0 Å². The molecule has 0 amide bonds. The van der Waals surface area contributed by atoms with Gasteiger partial charge in [-0.3, -0.25) is 4.90 Å². The SMILES string of the molecule is CCN(CC)Cc1nc(C2CC2)c(-c2n[nH]c(=S)o2)s1. The van der Waals surface area contributed by atoms with Crippen LogP contribution in [0.3, 0.4) is 0 Å². The van der Waals surface area contributed by atoms with E-state index in [-0.39, 0.29) is 0 Å². The van der Waals surface area contributed by atoms with E-state index >= 15 is 0 Å². The van der Waals surface area contributed by atoms with Crippen LogP contribution in [0.15, 0.2) is 4.42 Å². The first kappa shape index (κ1) is 13.9. The van der Waals surface area contributed by atoms with Crippen LogP contribution >= 0.6 is 23.6 Å². The number of H-pyrrole nitrogens is 1. The molecule has 0 radical (unpaired) electrons. The Morgan fingerprint density at radius 2 is 2.15 bits per heavy atom. The summed E-state index contributed by atoms with van der Waals surface area (Å²) in [4.78, 5) is 8.55. The topological polar surface area (TPSA) is 58.0 Å². The molecule has 0 spiro atoms. The summed E-state index contributed by atoms with van der Waals surface area (Å²) in [6.45, 7) is 7.31. The maximum atomic E-state index is 5.46. The minimum absolute atomic E-state index is 0.320. The predicted molar refractivity (Wildman–Crippen MR) is 81.4 cm³/mol. The summed E-state index contributed by atoms with van der Waals surface area (Å²) < 4.78 is 5.46. The van der Waals surface area contributed by atoms with E-state index in [2.05, 4.69) is 28.9 Å². The monoisotopic (exact) mass is 310 g/mol. The van der Waals surface area contributed by atoms with Crippen molar-refractivity contribution in [3.8, 4) is 10.8 Å². The molecule has 1 aliphatic rings. The van der Waals surface area contributed by atoms with E-state index in [0.717, 1.165) is 35.2 Å². The third kappa shape index (κ3) is 2.84. The molecule has 2 aromatic heterocycles. The number of rotatable bonds is 6. The highest BCUT2D eigenvalue weighted by Crippen LogP contribution is 2.45. The van der Waals surface area contributed by atoms with Crippen LogP contribution in [0.4, 0.5) is 0 Å². The van der Waals surface area contributed by atoms with Crippen LogP contribution in [0.25, 0.3) is 10.8 Å². The van der Waals surface area contributed by atoms with Gasteiger partial charge in [-0.25, -0.2) is 10.1 Å². The average molecular weight is 310 g/mol. The second-order valence-electron chi connectivity index (χ2n) is 4.98. The molecular formula is C13H18N4OS2. The molecule has 7 heteroatoms. The fourth-order valence-electron chi connectivity index (χ4n) is 2.20. The fourth-order valence-corrected chi connectivity index (χ4v) is 3.44. The van der Waals surface area contributed by atoms with Gasteiger partial charge in [0.15, 0.2) is 0 Å². The Hall–Kier alpha value is -1.05. The van der Waals surface area contributed by atoms with Gasteiger partial charge in [0.1, 0.15) is 9.88 Å². The number of hydrogen-bond donors (Lipinski definition) is 1. The van der Waals surface area contributed by atoms with Crippen LogP contribution in [-0.4, -0.2) is 33.2 Å². The Kier molecular flexibility index (Phi) is 4.00. The van der Waals surface area contributed by atoms with Gasteiger partial charge in [0, 0.05) is 5.92 Å². The number of nitrogens with zero attached hydrogens (tertiary/aromatic N) is 3. The molecule has 108 valence electrons. The molecular weight excluding hydrogens is 292 g/mol. The summed E-state index contributed by atoms with van der Waals surface area (Å²) in [6, 6.07) is 0. The van der Waals surface area contributed by atoms with Crippen LogP contribution in [0, 0.1) is 4.84 Å². The third-order valence-electron chi connectivity index (χ3n) is 3.55. The summed E-state index contributed by atoms with van der Waals surface area (Å²) in [5.74, 6) is 1.16. The lowest BCUT2D eigenvalue weighted by Gasteiger charge is -2.15. The molecule has 0 bridgehead atoms. The Morgan fingerprint density at radius 3 is 2.70 bits per heavy atom. The fraction of sp³-hybridized carbons (Fsp3) is 0.615. The van der Waals surface area contributed by atoms with Crippen LogP contribution in [0.2, 0.25) is 0 Å². The zero-order valence-electron chi connectivity index (χ0n) is 11.7. The highest BCUT2D eigenvalue weighted by Gasteiger charge is 2.31. The molecule has 0 saturated heterocycles. The molecule has 2 aromatic rings. The van der Waals surface area contributed by atoms with Gasteiger partial charge in [-0.1, -0.05) is 13.8 Å². The largest absolute Gasteiger partial charge is 0.408 e. The zero-order valence-corrected chi connectivity index (χ0v) is 13.3. The molecule has 2 heterocycles. The van der Waals surface area contributed by atoms with Gasteiger partial charge in [0.05, 0.1) is 12.2 Å². The van der Waals surface area contributed by atoms with Crippen molar-refractivity contribution in [3.63, 3.8) is 0 Å². The Bertz CT molecular complexity index is 637. The number of aromatic nitrogens is 3. The van der Waals surface area contributed by atoms with E-state index in [4.69, 9.17) is 21.6 Å². The average Bonchev–Trinajstić information content (AvgIpc) is 3.07. The summed E-state index contributed by atoms with van der Waals surface area (Å²) in [7, 11) is 0. The normalized spacial score (nSPS) is 15.2. The van der Waals surface area contributed by atoms with Gasteiger partial charge in [-0.15, -0.1) is 16.4 Å². The maximum absolute atomic E-state index is 5.46. The molecule has 20 heavy (non-hydrogen) atoms. The summed E-state index contributed by atoms with van der Waals surface area (Å²) in [5, 5.41) is 7.98. The van der Waals surface area contributed by atoms with E-state index in [0.29, 0.717) is 16.6 Å². The van der Waals surface area contributed by atoms with E-state index < -0.39 is 0 Å². The first-order valence-electron chi connectivity index (χ1n) is 6.99. The molecule has 1 saturated carbocycles. The standard InChI is InChI=1S/C13H18N4OS2/c1-3-17(4-2)7-9-14-10(8-5-6-8)11(20-9)12-15-16-13(19)18-12/h8H,3-7H2,1-2H3,(H,16,19). The Balaban J connectivity index is 1.92. The molecule has 5 nitrogen and oxygen atoms in total. The third-order valence-corrected chi connectivity index (χ3v) is 4.77. The Morgan fingerprint density at radius 1 is 1.40 bits per heavy atom. The van der Waals surface area contributed by atoms with Crippen molar-refractivity contribution in [2.45, 2.75) is 39.2 Å². The van der Waals surface area contributed by atoms with Crippen molar-refractivity contribution >= 4 is 23.6 Å². The summed E-state index contributed by atoms with van der Waals surface area (Å²) in [6.07, 6.45) is 2.43. The second kappa shape index (κ2) is 5.75. The highest BCUT2D eigenvalue weighted by atomic mass is 32.1. The second-order valence-corrected chi connectivity index (χ2v) is 6.43.